The smallest absolute Gasteiger partial charge is 0.397 e. The van der Waals surface area contributed by atoms with Gasteiger partial charge in [-0.2, -0.15) is 4.74 Å². The molecule has 0 aromatic heterocycles. The number of carbonyl (C=O) groups is 1. The highest BCUT2D eigenvalue weighted by atomic mass is 16.5. The third-order valence-electron chi connectivity index (χ3n) is 2.02. The van der Waals surface area contributed by atoms with Crippen LogP contribution in [0.4, 0.5) is 0 Å². The average Bonchev–Trinajstić information content (AvgIpc) is 2.09. The van der Waals surface area contributed by atoms with Crippen LogP contribution in [-0.2, 0) is 4.79 Å². The standard InChI is InChI=1S/C7H11NO3/c1-7(2)4-3-5(6(9)10)8(7)11/h3-4H2,1-2H3,(H,9,10). The molecule has 1 aliphatic rings. The van der Waals surface area contributed by atoms with Gasteiger partial charge in [-0.05, 0) is 0 Å². The summed E-state index contributed by atoms with van der Waals surface area (Å²) < 4.78 is 0.606. The second-order valence-electron chi connectivity index (χ2n) is 3.36. The zero-order valence-corrected chi connectivity index (χ0v) is 6.63. The van der Waals surface area contributed by atoms with Crippen LogP contribution in [0.2, 0.25) is 0 Å². The summed E-state index contributed by atoms with van der Waals surface area (Å²) in [5, 5.41) is 19.7. The second kappa shape index (κ2) is 2.22. The molecular formula is C7H11NO3. The molecule has 0 spiro atoms. The molecule has 0 aromatic rings. The molecule has 11 heavy (non-hydrogen) atoms. The van der Waals surface area contributed by atoms with Crippen LogP contribution < -0.4 is 0 Å². The molecule has 0 fully saturated rings. The van der Waals surface area contributed by atoms with Crippen LogP contribution in [0, 0.1) is 5.21 Å². The summed E-state index contributed by atoms with van der Waals surface area (Å²) in [6.07, 6.45) is 1.00. The minimum absolute atomic E-state index is 0.0185. The lowest BCUT2D eigenvalue weighted by Crippen LogP contribution is -2.31. The summed E-state index contributed by atoms with van der Waals surface area (Å²) in [7, 11) is 0. The zero-order chi connectivity index (χ0) is 8.65. The molecule has 4 heteroatoms. The van der Waals surface area contributed by atoms with E-state index in [-0.39, 0.29) is 5.71 Å². The van der Waals surface area contributed by atoms with E-state index < -0.39 is 11.5 Å². The predicted molar refractivity (Wildman–Crippen MR) is 39.6 cm³/mol. The normalized spacial score (nSPS) is 22.4. The Morgan fingerprint density at radius 3 is 2.45 bits per heavy atom. The monoisotopic (exact) mass is 157 g/mol. The van der Waals surface area contributed by atoms with Crippen LogP contribution in [0.15, 0.2) is 0 Å². The largest absolute Gasteiger partial charge is 0.623 e. The van der Waals surface area contributed by atoms with E-state index in [1.807, 2.05) is 0 Å². The van der Waals surface area contributed by atoms with E-state index in [0.717, 1.165) is 0 Å². The van der Waals surface area contributed by atoms with E-state index in [1.54, 1.807) is 13.8 Å². The van der Waals surface area contributed by atoms with Crippen molar-refractivity contribution in [3.05, 3.63) is 5.21 Å². The van der Waals surface area contributed by atoms with Crippen LogP contribution in [0.3, 0.4) is 0 Å². The summed E-state index contributed by atoms with van der Waals surface area (Å²) >= 11 is 0. The molecule has 1 aliphatic heterocycles. The number of aliphatic carboxylic acids is 1. The van der Waals surface area contributed by atoms with Crippen LogP contribution in [-0.4, -0.2) is 27.1 Å². The highest BCUT2D eigenvalue weighted by molar-refractivity contribution is 6.33. The van der Waals surface area contributed by atoms with Gasteiger partial charge < -0.3 is 10.3 Å². The summed E-state index contributed by atoms with van der Waals surface area (Å²) in [4.78, 5) is 10.4. The van der Waals surface area contributed by atoms with E-state index in [1.165, 1.54) is 0 Å². The Hall–Kier alpha value is -1.06. The first-order valence-corrected chi connectivity index (χ1v) is 3.51. The van der Waals surface area contributed by atoms with Gasteiger partial charge in [0.2, 0.25) is 0 Å². The topological polar surface area (TPSA) is 63.4 Å². The van der Waals surface area contributed by atoms with Crippen molar-refractivity contribution in [2.75, 3.05) is 0 Å². The molecule has 0 radical (unpaired) electrons. The number of hydrogen-bond donors (Lipinski definition) is 1. The van der Waals surface area contributed by atoms with Gasteiger partial charge >= 0.3 is 5.97 Å². The fourth-order valence-corrected chi connectivity index (χ4v) is 1.19. The van der Waals surface area contributed by atoms with Gasteiger partial charge in [0, 0.05) is 26.7 Å². The molecule has 0 atom stereocenters. The molecule has 4 nitrogen and oxygen atoms in total. The SMILES string of the molecule is CC1(C)CCC(C(=O)O)=[N+]1[O-]. The first-order chi connectivity index (χ1) is 4.95. The molecule has 0 amide bonds. The lowest BCUT2D eigenvalue weighted by molar-refractivity contribution is -0.530. The van der Waals surface area contributed by atoms with Crippen LogP contribution in [0.1, 0.15) is 26.7 Å². The lowest BCUT2D eigenvalue weighted by Gasteiger charge is -2.17. The number of rotatable bonds is 1. The highest BCUT2D eigenvalue weighted by Gasteiger charge is 2.39. The fourth-order valence-electron chi connectivity index (χ4n) is 1.19. The van der Waals surface area contributed by atoms with Gasteiger partial charge in [0.1, 0.15) is 0 Å². The lowest BCUT2D eigenvalue weighted by atomic mass is 10.0. The summed E-state index contributed by atoms with van der Waals surface area (Å²) in [5.41, 5.74) is -0.553. The zero-order valence-electron chi connectivity index (χ0n) is 6.63. The Kier molecular flexibility index (Phi) is 1.62. The summed E-state index contributed by atoms with van der Waals surface area (Å²) in [6, 6.07) is 0. The van der Waals surface area contributed by atoms with E-state index in [2.05, 4.69) is 0 Å². The number of hydroxylamine groups is 1. The van der Waals surface area contributed by atoms with Gasteiger partial charge in [0.05, 0.1) is 0 Å². The van der Waals surface area contributed by atoms with Crippen LogP contribution >= 0.6 is 0 Å². The number of carboxylic acid groups (broad SMARTS) is 1. The molecule has 62 valence electrons. The Balaban J connectivity index is 2.99. The van der Waals surface area contributed by atoms with E-state index in [9.17, 15) is 10.0 Å². The maximum Gasteiger partial charge on any atom is 0.397 e. The predicted octanol–water partition coefficient (Wildman–Crippen LogP) is 0.595. The van der Waals surface area contributed by atoms with Gasteiger partial charge in [0.25, 0.3) is 5.71 Å². The van der Waals surface area contributed by atoms with E-state index in [4.69, 9.17) is 5.11 Å². The number of hydrogen-bond acceptors (Lipinski definition) is 2. The molecule has 0 saturated carbocycles. The molecule has 0 saturated heterocycles. The fraction of sp³-hybridized carbons (Fsp3) is 0.714. The van der Waals surface area contributed by atoms with Gasteiger partial charge in [-0.25, -0.2) is 4.79 Å². The molecule has 1 N–H and O–H groups in total. The van der Waals surface area contributed by atoms with Crippen molar-refractivity contribution in [2.45, 2.75) is 32.2 Å². The van der Waals surface area contributed by atoms with Crippen molar-refractivity contribution in [1.29, 1.82) is 0 Å². The Bertz CT molecular complexity index is 230. The van der Waals surface area contributed by atoms with Crippen molar-refractivity contribution in [3.63, 3.8) is 0 Å². The molecule has 0 aliphatic carbocycles. The van der Waals surface area contributed by atoms with Gasteiger partial charge in [0.15, 0.2) is 5.54 Å². The molecule has 1 rings (SSSR count). The summed E-state index contributed by atoms with van der Waals surface area (Å²) in [6.45, 7) is 3.49. The Morgan fingerprint density at radius 2 is 2.27 bits per heavy atom. The third kappa shape index (κ3) is 1.20. The van der Waals surface area contributed by atoms with Gasteiger partial charge in [-0.1, -0.05) is 0 Å². The highest BCUT2D eigenvalue weighted by Crippen LogP contribution is 2.23. The minimum Gasteiger partial charge on any atom is -0.623 e. The van der Waals surface area contributed by atoms with Crippen molar-refractivity contribution in [2.24, 2.45) is 0 Å². The molecule has 0 unspecified atom stereocenters. The average molecular weight is 157 g/mol. The van der Waals surface area contributed by atoms with E-state index >= 15 is 0 Å². The van der Waals surface area contributed by atoms with Crippen LogP contribution in [0.5, 0.6) is 0 Å². The molecule has 1 heterocycles. The number of carboxylic acids is 1. The first kappa shape index (κ1) is 8.04. The number of nitrogens with zero attached hydrogens (tertiary/aromatic N) is 1. The molecular weight excluding hydrogens is 146 g/mol. The Morgan fingerprint density at radius 1 is 1.73 bits per heavy atom. The minimum atomic E-state index is -1.09. The van der Waals surface area contributed by atoms with Crippen molar-refractivity contribution >= 4 is 11.7 Å². The first-order valence-electron chi connectivity index (χ1n) is 3.51. The third-order valence-corrected chi connectivity index (χ3v) is 2.02. The van der Waals surface area contributed by atoms with Gasteiger partial charge in [-0.3, -0.25) is 0 Å². The van der Waals surface area contributed by atoms with Crippen LogP contribution in [0.25, 0.3) is 0 Å². The summed E-state index contributed by atoms with van der Waals surface area (Å²) in [5.74, 6) is -1.09. The molecule has 0 bridgehead atoms. The van der Waals surface area contributed by atoms with Crippen molar-refractivity contribution in [3.8, 4) is 0 Å². The van der Waals surface area contributed by atoms with Crippen molar-refractivity contribution in [1.82, 2.24) is 0 Å². The maximum absolute atomic E-state index is 11.2. The maximum atomic E-state index is 11.2. The van der Waals surface area contributed by atoms with Gasteiger partial charge in [-0.15, -0.1) is 0 Å². The van der Waals surface area contributed by atoms with E-state index in [0.29, 0.717) is 17.6 Å². The molecule has 0 aromatic carbocycles. The Labute approximate surface area is 64.7 Å². The quantitative estimate of drug-likeness (QED) is 0.447. The van der Waals surface area contributed by atoms with Crippen molar-refractivity contribution < 1.29 is 14.6 Å². The second-order valence-corrected chi connectivity index (χ2v) is 3.36.